The second kappa shape index (κ2) is 4.15. The molecule has 88 valence electrons. The number of carbonyl (C=O) groups is 1. The second-order valence-corrected chi connectivity index (χ2v) is 4.24. The quantitative estimate of drug-likeness (QED) is 0.647. The Morgan fingerprint density at radius 2 is 2.17 bits per heavy atom. The fourth-order valence-electron chi connectivity index (χ4n) is 2.10. The molecular formula is C15H10FNO. The van der Waals surface area contributed by atoms with Crippen LogP contribution in [0.3, 0.4) is 0 Å². The summed E-state index contributed by atoms with van der Waals surface area (Å²) in [6.45, 7) is 0.587. The lowest BCUT2D eigenvalue weighted by Crippen LogP contribution is -2.06. The summed E-state index contributed by atoms with van der Waals surface area (Å²) in [6, 6.07) is 9.73. The van der Waals surface area contributed by atoms with Gasteiger partial charge in [-0.3, -0.25) is 4.79 Å². The lowest BCUT2D eigenvalue weighted by molar-refractivity contribution is 0.0964. The summed E-state index contributed by atoms with van der Waals surface area (Å²) in [5.74, 6) is 5.20. The van der Waals surface area contributed by atoms with Gasteiger partial charge in [-0.25, -0.2) is 4.39 Å². The van der Waals surface area contributed by atoms with Crippen molar-refractivity contribution in [3.63, 3.8) is 0 Å². The van der Waals surface area contributed by atoms with Crippen LogP contribution in [0.15, 0.2) is 42.6 Å². The van der Waals surface area contributed by atoms with Gasteiger partial charge in [-0.1, -0.05) is 17.9 Å². The lowest BCUT2D eigenvalue weighted by Gasteiger charge is -1.96. The standard InChI is InChI=1S/C15H10FNO/c16-13-4-1-3-11(9-13)6-7-12-10-17-8-2-5-14(17)15(12)18/h1-5,8-9,12H,10H2. The van der Waals surface area contributed by atoms with Gasteiger partial charge >= 0.3 is 0 Å². The van der Waals surface area contributed by atoms with E-state index < -0.39 is 0 Å². The predicted octanol–water partition coefficient (Wildman–Crippen LogP) is 2.49. The minimum atomic E-state index is -0.315. The third-order valence-electron chi connectivity index (χ3n) is 2.99. The van der Waals surface area contributed by atoms with Gasteiger partial charge in [0.15, 0.2) is 5.78 Å². The van der Waals surface area contributed by atoms with Crippen molar-refractivity contribution in [1.82, 2.24) is 4.57 Å². The van der Waals surface area contributed by atoms with Crippen LogP contribution < -0.4 is 0 Å². The van der Waals surface area contributed by atoms with Crippen LogP contribution in [0.1, 0.15) is 16.1 Å². The monoisotopic (exact) mass is 239 g/mol. The maximum Gasteiger partial charge on any atom is 0.195 e. The molecule has 1 unspecified atom stereocenters. The van der Waals surface area contributed by atoms with Gasteiger partial charge in [0.05, 0.1) is 5.69 Å². The Morgan fingerprint density at radius 1 is 1.28 bits per heavy atom. The Labute approximate surface area is 104 Å². The largest absolute Gasteiger partial charge is 0.343 e. The molecule has 0 saturated carbocycles. The van der Waals surface area contributed by atoms with E-state index in [1.807, 2.05) is 16.8 Å². The zero-order chi connectivity index (χ0) is 12.5. The maximum absolute atomic E-state index is 13.0. The molecule has 0 fully saturated rings. The lowest BCUT2D eigenvalue weighted by atomic mass is 10.1. The van der Waals surface area contributed by atoms with Crippen molar-refractivity contribution in [1.29, 1.82) is 0 Å². The van der Waals surface area contributed by atoms with Crippen molar-refractivity contribution in [3.05, 3.63) is 59.7 Å². The molecule has 1 atom stereocenters. The van der Waals surface area contributed by atoms with Gasteiger partial charge in [-0.2, -0.15) is 0 Å². The smallest absolute Gasteiger partial charge is 0.195 e. The highest BCUT2D eigenvalue weighted by Crippen LogP contribution is 2.20. The third-order valence-corrected chi connectivity index (χ3v) is 2.99. The van der Waals surface area contributed by atoms with E-state index in [2.05, 4.69) is 11.8 Å². The molecule has 1 aromatic carbocycles. The van der Waals surface area contributed by atoms with Crippen molar-refractivity contribution in [2.75, 3.05) is 0 Å². The molecule has 3 rings (SSSR count). The minimum Gasteiger partial charge on any atom is -0.343 e. The Balaban J connectivity index is 1.84. The highest BCUT2D eigenvalue weighted by molar-refractivity contribution is 6.00. The van der Waals surface area contributed by atoms with E-state index in [4.69, 9.17) is 0 Å². The van der Waals surface area contributed by atoms with Crippen LogP contribution in [0.5, 0.6) is 0 Å². The van der Waals surface area contributed by atoms with E-state index in [-0.39, 0.29) is 17.5 Å². The van der Waals surface area contributed by atoms with Crippen LogP contribution in [0.4, 0.5) is 4.39 Å². The number of nitrogens with zero attached hydrogens (tertiary/aromatic N) is 1. The van der Waals surface area contributed by atoms with Crippen molar-refractivity contribution in [2.24, 2.45) is 5.92 Å². The first kappa shape index (κ1) is 10.8. The molecule has 0 bridgehead atoms. The summed E-state index contributed by atoms with van der Waals surface area (Å²) in [6.07, 6.45) is 1.87. The molecule has 18 heavy (non-hydrogen) atoms. The van der Waals surface area contributed by atoms with Crippen LogP contribution in [0.25, 0.3) is 0 Å². The normalized spacial score (nSPS) is 17.2. The van der Waals surface area contributed by atoms with E-state index in [1.165, 1.54) is 12.1 Å². The summed E-state index contributed by atoms with van der Waals surface area (Å²) < 4.78 is 14.9. The van der Waals surface area contributed by atoms with E-state index >= 15 is 0 Å². The van der Waals surface area contributed by atoms with Crippen molar-refractivity contribution in [2.45, 2.75) is 6.54 Å². The Hall–Kier alpha value is -2.34. The molecule has 3 heteroatoms. The van der Waals surface area contributed by atoms with Crippen molar-refractivity contribution < 1.29 is 9.18 Å². The zero-order valence-corrected chi connectivity index (χ0v) is 9.56. The average molecular weight is 239 g/mol. The number of aromatic nitrogens is 1. The topological polar surface area (TPSA) is 22.0 Å². The van der Waals surface area contributed by atoms with E-state index in [0.29, 0.717) is 17.8 Å². The molecule has 0 saturated heterocycles. The SMILES string of the molecule is O=C1c2cccn2CC1C#Cc1cccc(F)c1. The van der Waals surface area contributed by atoms with E-state index in [0.717, 1.165) is 0 Å². The average Bonchev–Trinajstić information content (AvgIpc) is 2.91. The van der Waals surface area contributed by atoms with Gasteiger partial charge in [0.1, 0.15) is 11.7 Å². The first-order valence-electron chi connectivity index (χ1n) is 5.70. The summed E-state index contributed by atoms with van der Waals surface area (Å²) in [5.41, 5.74) is 1.30. The number of ketones is 1. The van der Waals surface area contributed by atoms with Crippen molar-refractivity contribution >= 4 is 5.78 Å². The Kier molecular flexibility index (Phi) is 2.49. The number of halogens is 1. The number of rotatable bonds is 0. The number of Topliss-reactive ketones (excluding diaryl/α,β-unsaturated/α-hetero) is 1. The number of fused-ring (bicyclic) bond motifs is 1. The number of benzene rings is 1. The molecule has 0 radical (unpaired) electrons. The summed E-state index contributed by atoms with van der Waals surface area (Å²) >= 11 is 0. The first-order chi connectivity index (χ1) is 8.74. The molecule has 0 spiro atoms. The van der Waals surface area contributed by atoms with Gasteiger partial charge in [0.25, 0.3) is 0 Å². The molecule has 0 N–H and O–H groups in total. The van der Waals surface area contributed by atoms with Gasteiger partial charge in [-0.05, 0) is 30.3 Å². The number of hydrogen-bond acceptors (Lipinski definition) is 1. The van der Waals surface area contributed by atoms with Gasteiger partial charge in [0.2, 0.25) is 0 Å². The Morgan fingerprint density at radius 3 is 2.94 bits per heavy atom. The first-order valence-corrected chi connectivity index (χ1v) is 5.70. The molecule has 0 amide bonds. The predicted molar refractivity (Wildman–Crippen MR) is 65.5 cm³/mol. The number of hydrogen-bond donors (Lipinski definition) is 0. The minimum absolute atomic E-state index is 0.0453. The van der Waals surface area contributed by atoms with Gasteiger partial charge in [-0.15, -0.1) is 0 Å². The number of carbonyl (C=O) groups excluding carboxylic acids is 1. The molecule has 1 aromatic heterocycles. The summed E-state index contributed by atoms with van der Waals surface area (Å²) in [7, 11) is 0. The highest BCUT2D eigenvalue weighted by Gasteiger charge is 2.28. The molecule has 1 aliphatic rings. The van der Waals surface area contributed by atoms with Crippen molar-refractivity contribution in [3.8, 4) is 11.8 Å². The van der Waals surface area contributed by atoms with Gasteiger partial charge in [0, 0.05) is 18.3 Å². The van der Waals surface area contributed by atoms with Gasteiger partial charge < -0.3 is 4.57 Å². The van der Waals surface area contributed by atoms with Crippen LogP contribution in [0.2, 0.25) is 0 Å². The molecule has 2 heterocycles. The highest BCUT2D eigenvalue weighted by atomic mass is 19.1. The summed E-state index contributed by atoms with van der Waals surface area (Å²) in [4.78, 5) is 11.9. The maximum atomic E-state index is 13.0. The fraction of sp³-hybridized carbons (Fsp3) is 0.133. The van der Waals surface area contributed by atoms with E-state index in [1.54, 1.807) is 18.2 Å². The third kappa shape index (κ3) is 1.82. The molecule has 2 nitrogen and oxygen atoms in total. The molecule has 2 aromatic rings. The molecular weight excluding hydrogens is 229 g/mol. The van der Waals surface area contributed by atoms with E-state index in [9.17, 15) is 9.18 Å². The Bertz CT molecular complexity index is 675. The summed E-state index contributed by atoms with van der Waals surface area (Å²) in [5, 5.41) is 0. The zero-order valence-electron chi connectivity index (χ0n) is 9.56. The second-order valence-electron chi connectivity index (χ2n) is 4.24. The molecule has 0 aliphatic carbocycles. The van der Waals surface area contributed by atoms with Crippen LogP contribution in [0, 0.1) is 23.6 Å². The molecule has 1 aliphatic heterocycles. The van der Waals surface area contributed by atoms with Crippen LogP contribution in [-0.4, -0.2) is 10.4 Å². The van der Waals surface area contributed by atoms with Crippen LogP contribution in [-0.2, 0) is 6.54 Å². The van der Waals surface area contributed by atoms with Crippen LogP contribution >= 0.6 is 0 Å². The fourth-order valence-corrected chi connectivity index (χ4v) is 2.10.